The molecule has 1 atom stereocenters. The minimum Gasteiger partial charge on any atom is -0.466 e. The van der Waals surface area contributed by atoms with Crippen molar-refractivity contribution in [1.29, 1.82) is 0 Å². The van der Waals surface area contributed by atoms with Crippen LogP contribution in [0.1, 0.15) is 42.0 Å². The first-order valence-electron chi connectivity index (χ1n) is 11.4. The Labute approximate surface area is 183 Å². The van der Waals surface area contributed by atoms with Crippen molar-refractivity contribution in [2.75, 3.05) is 13.1 Å². The molecular weight excluding hydrogens is 382 g/mol. The Hall–Kier alpha value is -3.11. The Balaban J connectivity index is 1.29. The molecule has 0 radical (unpaired) electrons. The third kappa shape index (κ3) is 3.31. The molecule has 0 unspecified atom stereocenters. The second-order valence-corrected chi connectivity index (χ2v) is 8.98. The summed E-state index contributed by atoms with van der Waals surface area (Å²) in [6, 6.07) is 30.2. The fourth-order valence-electron chi connectivity index (χ4n) is 5.42. The van der Waals surface area contributed by atoms with E-state index in [0.29, 0.717) is 0 Å². The Bertz CT molecular complexity index is 1090. The minimum atomic E-state index is -0.338. The molecule has 3 aliphatic rings. The van der Waals surface area contributed by atoms with Crippen LogP contribution in [0.3, 0.4) is 0 Å². The van der Waals surface area contributed by atoms with Crippen molar-refractivity contribution in [3.8, 4) is 5.75 Å². The van der Waals surface area contributed by atoms with Crippen LogP contribution in [0.15, 0.2) is 90.0 Å². The fraction of sp³-hybridized carbons (Fsp3) is 0.296. The van der Waals surface area contributed by atoms with Gasteiger partial charge in [0.2, 0.25) is 5.72 Å². The van der Waals surface area contributed by atoms with Crippen molar-refractivity contribution in [1.82, 2.24) is 5.01 Å². The molecular formula is C27H28N3O+. The summed E-state index contributed by atoms with van der Waals surface area (Å²) in [7, 11) is 0. The number of hydrogen-bond donors (Lipinski definition) is 1. The van der Waals surface area contributed by atoms with Gasteiger partial charge in [0.05, 0.1) is 37.7 Å². The van der Waals surface area contributed by atoms with Crippen LogP contribution in [0.25, 0.3) is 0 Å². The number of nitrogens with one attached hydrogen (secondary N) is 1. The molecule has 0 bridgehead atoms. The van der Waals surface area contributed by atoms with Crippen molar-refractivity contribution in [3.63, 3.8) is 0 Å². The van der Waals surface area contributed by atoms with Crippen molar-refractivity contribution >= 4 is 5.71 Å². The molecule has 3 heterocycles. The number of para-hydroxylation sites is 1. The molecule has 1 N–H and O–H groups in total. The summed E-state index contributed by atoms with van der Waals surface area (Å²) >= 11 is 0. The number of quaternary nitrogens is 1. The number of ether oxygens (including phenoxy) is 1. The lowest BCUT2D eigenvalue weighted by molar-refractivity contribution is -0.921. The van der Waals surface area contributed by atoms with Crippen LogP contribution in [0.4, 0.5) is 0 Å². The number of piperidine rings is 1. The second-order valence-electron chi connectivity index (χ2n) is 8.98. The topological polar surface area (TPSA) is 29.3 Å². The highest BCUT2D eigenvalue weighted by Gasteiger charge is 2.52. The number of hydrazone groups is 1. The van der Waals surface area contributed by atoms with Crippen molar-refractivity contribution in [3.05, 3.63) is 102 Å². The summed E-state index contributed by atoms with van der Waals surface area (Å²) in [5.41, 5.74) is 4.73. The van der Waals surface area contributed by atoms with E-state index < -0.39 is 0 Å². The molecule has 0 amide bonds. The van der Waals surface area contributed by atoms with Crippen molar-refractivity contribution < 1.29 is 9.64 Å². The van der Waals surface area contributed by atoms with Gasteiger partial charge < -0.3 is 9.64 Å². The zero-order chi connectivity index (χ0) is 20.7. The van der Waals surface area contributed by atoms with E-state index in [1.165, 1.54) is 22.4 Å². The van der Waals surface area contributed by atoms with Crippen LogP contribution in [0.5, 0.6) is 5.75 Å². The molecule has 1 fully saturated rings. The lowest BCUT2D eigenvalue weighted by Gasteiger charge is -2.50. The van der Waals surface area contributed by atoms with Gasteiger partial charge in [0.1, 0.15) is 12.3 Å². The highest BCUT2D eigenvalue weighted by atomic mass is 16.5. The molecule has 156 valence electrons. The van der Waals surface area contributed by atoms with Gasteiger partial charge in [-0.3, -0.25) is 0 Å². The molecule has 4 heteroatoms. The second kappa shape index (κ2) is 7.54. The van der Waals surface area contributed by atoms with Crippen LogP contribution in [-0.4, -0.2) is 29.5 Å². The molecule has 1 spiro atoms. The molecule has 31 heavy (non-hydrogen) atoms. The molecule has 3 aliphatic heterocycles. The molecule has 1 saturated heterocycles. The Morgan fingerprint density at radius 3 is 2.32 bits per heavy atom. The van der Waals surface area contributed by atoms with Gasteiger partial charge in [-0.05, 0) is 11.6 Å². The number of fused-ring (bicyclic) bond motifs is 4. The van der Waals surface area contributed by atoms with E-state index in [-0.39, 0.29) is 11.8 Å². The summed E-state index contributed by atoms with van der Waals surface area (Å²) in [5, 5.41) is 7.50. The van der Waals surface area contributed by atoms with Crippen molar-refractivity contribution in [2.24, 2.45) is 5.10 Å². The molecule has 0 aromatic heterocycles. The predicted octanol–water partition coefficient (Wildman–Crippen LogP) is 3.81. The van der Waals surface area contributed by atoms with Crippen LogP contribution in [-0.2, 0) is 6.54 Å². The molecule has 3 aromatic carbocycles. The van der Waals surface area contributed by atoms with Gasteiger partial charge in [-0.2, -0.15) is 5.10 Å². The smallest absolute Gasteiger partial charge is 0.208 e. The number of benzene rings is 3. The number of rotatable bonds is 3. The number of hydrogen-bond acceptors (Lipinski definition) is 3. The highest BCUT2D eigenvalue weighted by Crippen LogP contribution is 2.49. The number of likely N-dealkylation sites (tertiary alicyclic amines) is 1. The maximum Gasteiger partial charge on any atom is 0.208 e. The molecule has 0 aliphatic carbocycles. The third-order valence-electron chi connectivity index (χ3n) is 7.05. The van der Waals surface area contributed by atoms with Gasteiger partial charge >= 0.3 is 0 Å². The Morgan fingerprint density at radius 2 is 1.55 bits per heavy atom. The Morgan fingerprint density at radius 1 is 0.871 bits per heavy atom. The Kier molecular flexibility index (Phi) is 4.53. The van der Waals surface area contributed by atoms with Crippen LogP contribution in [0, 0.1) is 0 Å². The summed E-state index contributed by atoms with van der Waals surface area (Å²) in [6.45, 7) is 3.27. The van der Waals surface area contributed by atoms with Gasteiger partial charge in [-0.15, -0.1) is 0 Å². The maximum absolute atomic E-state index is 6.76. The monoisotopic (exact) mass is 410 g/mol. The largest absolute Gasteiger partial charge is 0.466 e. The third-order valence-corrected chi connectivity index (χ3v) is 7.05. The average Bonchev–Trinajstić information content (AvgIpc) is 3.29. The summed E-state index contributed by atoms with van der Waals surface area (Å²) in [4.78, 5) is 1.63. The van der Waals surface area contributed by atoms with Gasteiger partial charge in [0.15, 0.2) is 0 Å². The van der Waals surface area contributed by atoms with Crippen LogP contribution < -0.4 is 9.64 Å². The van der Waals surface area contributed by atoms with Gasteiger partial charge in [0.25, 0.3) is 0 Å². The summed E-state index contributed by atoms with van der Waals surface area (Å²) in [5.74, 6) is 1.04. The minimum absolute atomic E-state index is 0.260. The van der Waals surface area contributed by atoms with E-state index in [2.05, 4.69) is 89.9 Å². The normalized spacial score (nSPS) is 26.7. The summed E-state index contributed by atoms with van der Waals surface area (Å²) in [6.07, 6.45) is 2.92. The quantitative estimate of drug-likeness (QED) is 0.712. The van der Waals surface area contributed by atoms with E-state index in [0.717, 1.165) is 44.6 Å². The molecule has 4 nitrogen and oxygen atoms in total. The van der Waals surface area contributed by atoms with Crippen LogP contribution in [0.2, 0.25) is 0 Å². The van der Waals surface area contributed by atoms with E-state index in [1.54, 1.807) is 4.90 Å². The van der Waals surface area contributed by atoms with Crippen molar-refractivity contribution in [2.45, 2.75) is 37.6 Å². The van der Waals surface area contributed by atoms with Crippen LogP contribution >= 0.6 is 0 Å². The first kappa shape index (κ1) is 18.6. The molecule has 0 saturated carbocycles. The highest BCUT2D eigenvalue weighted by molar-refractivity contribution is 6.01. The first-order valence-corrected chi connectivity index (χ1v) is 11.4. The maximum atomic E-state index is 6.76. The van der Waals surface area contributed by atoms with Gasteiger partial charge in [-0.1, -0.05) is 78.9 Å². The molecule has 6 rings (SSSR count). The predicted molar refractivity (Wildman–Crippen MR) is 122 cm³/mol. The lowest BCUT2D eigenvalue weighted by Crippen LogP contribution is -3.12. The SMILES string of the molecule is c1ccc(C[NH+]2CCC3(CC2)Oc2ccccc2[C@H]2CC(c4ccccc4)=NN23)cc1. The van der Waals surface area contributed by atoms with E-state index in [4.69, 9.17) is 9.84 Å². The zero-order valence-corrected chi connectivity index (χ0v) is 17.7. The fourth-order valence-corrected chi connectivity index (χ4v) is 5.42. The lowest BCUT2D eigenvalue weighted by atomic mass is 9.90. The number of nitrogens with zero attached hydrogens (tertiary/aromatic N) is 2. The van der Waals surface area contributed by atoms with Gasteiger partial charge in [0, 0.05) is 17.5 Å². The van der Waals surface area contributed by atoms with E-state index in [9.17, 15) is 0 Å². The van der Waals surface area contributed by atoms with E-state index in [1.807, 2.05) is 0 Å². The average molecular weight is 411 g/mol. The van der Waals surface area contributed by atoms with Gasteiger partial charge in [-0.25, -0.2) is 5.01 Å². The molecule has 3 aromatic rings. The first-order chi connectivity index (χ1) is 15.3. The zero-order valence-electron chi connectivity index (χ0n) is 17.7. The standard InChI is InChI=1S/C27H27N3O/c1-3-9-21(10-4-1)20-29-17-15-27(16-18-29)30-25(23-13-7-8-14-26(23)31-27)19-24(28-30)22-11-5-2-6-12-22/h1-14,25H,15-20H2/p+1/t25-/m1/s1. The van der Waals surface area contributed by atoms with E-state index >= 15 is 0 Å². The summed E-state index contributed by atoms with van der Waals surface area (Å²) < 4.78 is 6.76.